The maximum absolute atomic E-state index is 12.8. The molecule has 1 atom stereocenters. The topological polar surface area (TPSA) is 78.9 Å². The molecule has 0 aromatic rings. The van der Waals surface area contributed by atoms with Gasteiger partial charge >= 0.3 is 17.9 Å². The van der Waals surface area contributed by atoms with Gasteiger partial charge in [0.25, 0.3) is 0 Å². The molecule has 408 valence electrons. The zero-order valence-corrected chi connectivity index (χ0v) is 46.6. The first-order valence-electron chi connectivity index (χ1n) is 29.0. The second-order valence-corrected chi connectivity index (χ2v) is 18.4. The molecular formula is C67H104O6. The number of allylic oxidation sites excluding steroid dienone is 26. The summed E-state index contributed by atoms with van der Waals surface area (Å²) in [6.07, 6.45) is 86.7. The van der Waals surface area contributed by atoms with Crippen LogP contribution in [0.1, 0.15) is 226 Å². The third kappa shape index (κ3) is 57.8. The number of hydrogen-bond acceptors (Lipinski definition) is 6. The van der Waals surface area contributed by atoms with Crippen LogP contribution in [0.25, 0.3) is 0 Å². The van der Waals surface area contributed by atoms with Crippen molar-refractivity contribution in [3.05, 3.63) is 158 Å². The minimum atomic E-state index is -0.821. The monoisotopic (exact) mass is 1000 g/mol. The number of unbranched alkanes of at least 4 members (excludes halogenated alkanes) is 13. The van der Waals surface area contributed by atoms with Gasteiger partial charge in [0.1, 0.15) is 13.2 Å². The molecular weight excluding hydrogens is 901 g/mol. The SMILES string of the molecule is CC/C=C\C/C=C\C/C=C\C/C=C\C/C=C\C/C=C\C/C=C\CCCC(=O)OCC(COC(=O)CCCCCCCCCCC)OC(=O)CCCCCC/C=C\C/C=C\C/C=C\C/C=C\C/C=C\C/C=C\CC. The van der Waals surface area contributed by atoms with E-state index in [0.717, 1.165) is 141 Å². The number of hydrogen-bond donors (Lipinski definition) is 0. The molecule has 6 heteroatoms. The van der Waals surface area contributed by atoms with Gasteiger partial charge in [0, 0.05) is 19.3 Å². The minimum Gasteiger partial charge on any atom is -0.462 e. The van der Waals surface area contributed by atoms with Gasteiger partial charge in [-0.15, -0.1) is 0 Å². The standard InChI is InChI=1S/C67H104O6/c1-4-7-10-13-16-19-21-23-25-27-29-31-33-35-37-39-41-43-45-48-51-54-57-60-66(69)72-63-64(62-71-65(68)59-56-53-50-47-18-15-12-9-6-3)73-67(70)61-58-55-52-49-46-44-42-40-38-36-34-32-30-28-26-24-22-20-17-14-11-8-5-2/h7-8,10-11,16-17,19-20,23-26,29-32,35-38,41-44,48,51,64H,4-6,9,12-15,18,21-22,27-28,33-34,39-40,45-47,49-50,52-63H2,1-3H3/b10-7-,11-8-,19-16-,20-17-,25-23-,26-24-,31-29-,32-30-,37-35-,38-36-,43-41-,44-42-,51-48-. The van der Waals surface area contributed by atoms with Crippen LogP contribution in [0, 0.1) is 0 Å². The van der Waals surface area contributed by atoms with Crippen molar-refractivity contribution < 1.29 is 28.6 Å². The fourth-order valence-corrected chi connectivity index (χ4v) is 7.26. The number of esters is 3. The van der Waals surface area contributed by atoms with Crippen molar-refractivity contribution in [2.75, 3.05) is 13.2 Å². The highest BCUT2D eigenvalue weighted by atomic mass is 16.6. The molecule has 0 aliphatic carbocycles. The summed E-state index contributed by atoms with van der Waals surface area (Å²) in [5.74, 6) is -1.01. The van der Waals surface area contributed by atoms with Crippen LogP contribution in [-0.2, 0) is 28.6 Å². The van der Waals surface area contributed by atoms with Crippen molar-refractivity contribution in [1.29, 1.82) is 0 Å². The van der Waals surface area contributed by atoms with Gasteiger partial charge in [-0.2, -0.15) is 0 Å². The average molecular weight is 1010 g/mol. The molecule has 0 aromatic heterocycles. The quantitative estimate of drug-likeness (QED) is 0.0261. The van der Waals surface area contributed by atoms with E-state index in [-0.39, 0.29) is 44.0 Å². The summed E-state index contributed by atoms with van der Waals surface area (Å²) in [6.45, 7) is 6.30. The maximum atomic E-state index is 12.8. The summed E-state index contributed by atoms with van der Waals surface area (Å²) in [5, 5.41) is 0. The van der Waals surface area contributed by atoms with E-state index in [1.807, 2.05) is 0 Å². The first-order chi connectivity index (χ1) is 36.0. The summed E-state index contributed by atoms with van der Waals surface area (Å²) in [4.78, 5) is 38.1. The van der Waals surface area contributed by atoms with E-state index in [0.29, 0.717) is 12.8 Å². The Bertz CT molecular complexity index is 1670. The van der Waals surface area contributed by atoms with Crippen molar-refractivity contribution in [1.82, 2.24) is 0 Å². The fourth-order valence-electron chi connectivity index (χ4n) is 7.26. The van der Waals surface area contributed by atoms with Gasteiger partial charge in [-0.3, -0.25) is 14.4 Å². The normalized spacial score (nSPS) is 13.3. The Morgan fingerprint density at radius 2 is 0.548 bits per heavy atom. The number of carbonyl (C=O) groups is 3. The third-order valence-electron chi connectivity index (χ3n) is 11.5. The molecule has 0 spiro atoms. The van der Waals surface area contributed by atoms with Gasteiger partial charge in [0.2, 0.25) is 0 Å². The lowest BCUT2D eigenvalue weighted by Gasteiger charge is -2.18. The van der Waals surface area contributed by atoms with Gasteiger partial charge < -0.3 is 14.2 Å². The van der Waals surface area contributed by atoms with Gasteiger partial charge in [-0.25, -0.2) is 0 Å². The molecule has 1 unspecified atom stereocenters. The average Bonchev–Trinajstić information content (AvgIpc) is 3.39. The van der Waals surface area contributed by atoms with Crippen molar-refractivity contribution in [2.24, 2.45) is 0 Å². The van der Waals surface area contributed by atoms with Crippen molar-refractivity contribution >= 4 is 17.9 Å². The van der Waals surface area contributed by atoms with E-state index in [9.17, 15) is 14.4 Å². The van der Waals surface area contributed by atoms with Gasteiger partial charge in [-0.05, 0) is 122 Å². The Morgan fingerprint density at radius 3 is 0.890 bits per heavy atom. The first kappa shape index (κ1) is 68.0. The lowest BCUT2D eigenvalue weighted by atomic mass is 10.1. The molecule has 0 bridgehead atoms. The largest absolute Gasteiger partial charge is 0.462 e. The van der Waals surface area contributed by atoms with Crippen molar-refractivity contribution in [3.8, 4) is 0 Å². The van der Waals surface area contributed by atoms with Crippen LogP contribution in [0.3, 0.4) is 0 Å². The van der Waals surface area contributed by atoms with Crippen LogP contribution in [-0.4, -0.2) is 37.2 Å². The molecule has 0 radical (unpaired) electrons. The third-order valence-corrected chi connectivity index (χ3v) is 11.5. The Kier molecular flexibility index (Phi) is 55.5. The Balaban J connectivity index is 4.47. The molecule has 0 saturated heterocycles. The van der Waals surface area contributed by atoms with Crippen LogP contribution in [0.15, 0.2) is 158 Å². The molecule has 6 nitrogen and oxygen atoms in total. The molecule has 0 N–H and O–H groups in total. The molecule has 73 heavy (non-hydrogen) atoms. The van der Waals surface area contributed by atoms with E-state index in [1.165, 1.54) is 38.5 Å². The Morgan fingerprint density at radius 1 is 0.288 bits per heavy atom. The van der Waals surface area contributed by atoms with Gasteiger partial charge in [0.15, 0.2) is 6.10 Å². The van der Waals surface area contributed by atoms with Crippen molar-refractivity contribution in [3.63, 3.8) is 0 Å². The van der Waals surface area contributed by atoms with Crippen LogP contribution < -0.4 is 0 Å². The fraction of sp³-hybridized carbons (Fsp3) is 0.567. The number of rotatable bonds is 50. The highest BCUT2D eigenvalue weighted by Crippen LogP contribution is 2.13. The molecule has 0 fully saturated rings. The highest BCUT2D eigenvalue weighted by molar-refractivity contribution is 5.71. The zero-order valence-electron chi connectivity index (χ0n) is 46.6. The van der Waals surface area contributed by atoms with Crippen LogP contribution in [0.4, 0.5) is 0 Å². The second kappa shape index (κ2) is 59.6. The molecule has 0 saturated carbocycles. The number of carbonyl (C=O) groups excluding carboxylic acids is 3. The molecule has 0 aromatic carbocycles. The van der Waals surface area contributed by atoms with E-state index < -0.39 is 6.10 Å². The first-order valence-corrected chi connectivity index (χ1v) is 29.0. The van der Waals surface area contributed by atoms with Crippen LogP contribution in [0.5, 0.6) is 0 Å². The second-order valence-electron chi connectivity index (χ2n) is 18.4. The Hall–Kier alpha value is -4.97. The summed E-state index contributed by atoms with van der Waals surface area (Å²) in [7, 11) is 0. The predicted molar refractivity (Wildman–Crippen MR) is 315 cm³/mol. The highest BCUT2D eigenvalue weighted by Gasteiger charge is 2.19. The van der Waals surface area contributed by atoms with E-state index in [2.05, 4.69) is 179 Å². The van der Waals surface area contributed by atoms with E-state index in [1.54, 1.807) is 0 Å². The summed E-state index contributed by atoms with van der Waals surface area (Å²) in [5.41, 5.74) is 0. The molecule has 0 rings (SSSR count). The Labute approximate surface area is 448 Å². The smallest absolute Gasteiger partial charge is 0.306 e. The maximum Gasteiger partial charge on any atom is 0.306 e. The molecule has 0 aliphatic heterocycles. The van der Waals surface area contributed by atoms with E-state index >= 15 is 0 Å². The molecule has 0 amide bonds. The predicted octanol–water partition coefficient (Wildman–Crippen LogP) is 19.8. The lowest BCUT2D eigenvalue weighted by Crippen LogP contribution is -2.30. The zero-order chi connectivity index (χ0) is 52.9. The van der Waals surface area contributed by atoms with E-state index in [4.69, 9.17) is 14.2 Å². The molecule has 0 heterocycles. The lowest BCUT2D eigenvalue weighted by molar-refractivity contribution is -0.167. The number of ether oxygens (including phenoxy) is 3. The summed E-state index contributed by atoms with van der Waals surface area (Å²) < 4.78 is 16.8. The van der Waals surface area contributed by atoms with Crippen LogP contribution >= 0.6 is 0 Å². The van der Waals surface area contributed by atoms with Crippen molar-refractivity contribution in [2.45, 2.75) is 232 Å². The summed E-state index contributed by atoms with van der Waals surface area (Å²) in [6, 6.07) is 0. The van der Waals surface area contributed by atoms with Crippen LogP contribution in [0.2, 0.25) is 0 Å². The van der Waals surface area contributed by atoms with Gasteiger partial charge in [0.05, 0.1) is 0 Å². The summed E-state index contributed by atoms with van der Waals surface area (Å²) >= 11 is 0. The minimum absolute atomic E-state index is 0.113. The molecule has 0 aliphatic rings. The van der Waals surface area contributed by atoms with Gasteiger partial charge in [-0.1, -0.05) is 243 Å².